The molecule has 0 spiro atoms. The van der Waals surface area contributed by atoms with E-state index in [1.807, 2.05) is 36.1 Å². The number of carbonyl (C=O) groups excluding carboxylic acids is 1. The molecule has 1 aromatic heterocycles. The van der Waals surface area contributed by atoms with Gasteiger partial charge in [-0.05, 0) is 38.1 Å². The number of piperazine rings is 1. The molecule has 24 heavy (non-hydrogen) atoms. The Morgan fingerprint density at radius 3 is 2.50 bits per heavy atom. The summed E-state index contributed by atoms with van der Waals surface area (Å²) in [7, 11) is 1.64. The van der Waals surface area contributed by atoms with Gasteiger partial charge in [-0.3, -0.25) is 4.79 Å². The Hall–Kier alpha value is -2.34. The summed E-state index contributed by atoms with van der Waals surface area (Å²) in [4.78, 5) is 16.3. The number of amides is 1. The van der Waals surface area contributed by atoms with Gasteiger partial charge in [-0.2, -0.15) is 5.10 Å². The van der Waals surface area contributed by atoms with E-state index in [9.17, 15) is 4.79 Å². The molecule has 6 nitrogen and oxygen atoms in total. The number of methoxy groups -OCH3 is 1. The minimum absolute atomic E-state index is 0.0856. The van der Waals surface area contributed by atoms with Gasteiger partial charge in [0.1, 0.15) is 5.75 Å². The molecule has 0 bridgehead atoms. The average Bonchev–Trinajstić information content (AvgIpc) is 3.02. The van der Waals surface area contributed by atoms with Crippen molar-refractivity contribution >= 4 is 5.91 Å². The second-order valence-electron chi connectivity index (χ2n) is 6.15. The van der Waals surface area contributed by atoms with Crippen LogP contribution in [0.5, 0.6) is 5.75 Å². The number of hydrogen-bond acceptors (Lipinski definition) is 3. The van der Waals surface area contributed by atoms with Crippen LogP contribution in [-0.4, -0.2) is 60.4 Å². The molecule has 1 aromatic carbocycles. The van der Waals surface area contributed by atoms with E-state index >= 15 is 0 Å². The summed E-state index contributed by atoms with van der Waals surface area (Å²) < 4.78 is 6.99. The molecule has 2 aromatic rings. The molecule has 1 aliphatic rings. The highest BCUT2D eigenvalue weighted by Crippen LogP contribution is 2.18. The third-order valence-electron chi connectivity index (χ3n) is 4.81. The minimum Gasteiger partial charge on any atom is -0.497 e. The van der Waals surface area contributed by atoms with Gasteiger partial charge in [0.15, 0.2) is 0 Å². The Morgan fingerprint density at radius 1 is 1.25 bits per heavy atom. The third-order valence-corrected chi connectivity index (χ3v) is 4.81. The molecular formula is C18H25N4O2+. The molecular weight excluding hydrogens is 304 g/mol. The van der Waals surface area contributed by atoms with E-state index in [0.717, 1.165) is 49.9 Å². The normalized spacial score (nSPS) is 15.5. The van der Waals surface area contributed by atoms with Gasteiger partial charge in [-0.25, -0.2) is 4.68 Å². The van der Waals surface area contributed by atoms with E-state index in [1.54, 1.807) is 22.9 Å². The van der Waals surface area contributed by atoms with Crippen LogP contribution in [0.15, 0.2) is 30.5 Å². The molecule has 2 heterocycles. The maximum absolute atomic E-state index is 12.8. The first-order chi connectivity index (χ1) is 11.6. The van der Waals surface area contributed by atoms with Crippen molar-refractivity contribution in [1.82, 2.24) is 14.7 Å². The lowest BCUT2D eigenvalue weighted by Gasteiger charge is -2.31. The van der Waals surface area contributed by atoms with Gasteiger partial charge < -0.3 is 14.5 Å². The molecule has 3 rings (SSSR count). The first kappa shape index (κ1) is 16.5. The summed E-state index contributed by atoms with van der Waals surface area (Å²) in [6.45, 7) is 8.93. The third kappa shape index (κ3) is 3.14. The Morgan fingerprint density at radius 2 is 1.92 bits per heavy atom. The fraction of sp³-hybridized carbons (Fsp3) is 0.444. The van der Waals surface area contributed by atoms with Gasteiger partial charge in [0.05, 0.1) is 63.0 Å². The average molecular weight is 329 g/mol. The number of benzene rings is 1. The molecule has 1 N–H and O–H groups in total. The first-order valence-corrected chi connectivity index (χ1v) is 8.46. The van der Waals surface area contributed by atoms with Crippen LogP contribution in [0.3, 0.4) is 0 Å². The molecule has 0 unspecified atom stereocenters. The van der Waals surface area contributed by atoms with Crippen LogP contribution in [0.4, 0.5) is 0 Å². The van der Waals surface area contributed by atoms with Crippen molar-refractivity contribution < 1.29 is 14.4 Å². The molecule has 1 amide bonds. The fourth-order valence-electron chi connectivity index (χ4n) is 3.15. The zero-order valence-corrected chi connectivity index (χ0v) is 14.6. The number of quaternary nitrogens is 1. The van der Waals surface area contributed by atoms with E-state index in [4.69, 9.17) is 4.74 Å². The molecule has 6 heteroatoms. The van der Waals surface area contributed by atoms with Crippen LogP contribution < -0.4 is 9.64 Å². The molecule has 0 saturated carbocycles. The highest BCUT2D eigenvalue weighted by Gasteiger charge is 2.26. The monoisotopic (exact) mass is 329 g/mol. The van der Waals surface area contributed by atoms with Crippen LogP contribution >= 0.6 is 0 Å². The quantitative estimate of drug-likeness (QED) is 0.891. The number of hydrogen-bond donors (Lipinski definition) is 1. The first-order valence-electron chi connectivity index (χ1n) is 8.46. The lowest BCUT2D eigenvalue weighted by molar-refractivity contribution is -0.902. The fourth-order valence-corrected chi connectivity index (χ4v) is 3.15. The number of likely N-dealkylation sites (N-methyl/N-ethyl adjacent to an activating group) is 1. The van der Waals surface area contributed by atoms with Crippen molar-refractivity contribution in [3.8, 4) is 11.4 Å². The summed E-state index contributed by atoms with van der Waals surface area (Å²) >= 11 is 0. The summed E-state index contributed by atoms with van der Waals surface area (Å²) in [6.07, 6.45) is 1.68. The van der Waals surface area contributed by atoms with Crippen molar-refractivity contribution in [1.29, 1.82) is 0 Å². The zero-order chi connectivity index (χ0) is 17.1. The standard InChI is InChI=1S/C18H24N4O2/c1-4-20-9-11-21(12-10-20)18(23)17-13-19-22(14(17)2)15-5-7-16(24-3)8-6-15/h5-8,13H,4,9-12H2,1-3H3/p+1. The van der Waals surface area contributed by atoms with Crippen LogP contribution in [0, 0.1) is 6.92 Å². The highest BCUT2D eigenvalue weighted by molar-refractivity contribution is 5.95. The number of carbonyl (C=O) groups is 1. The van der Waals surface area contributed by atoms with E-state index in [-0.39, 0.29) is 5.91 Å². The van der Waals surface area contributed by atoms with Gasteiger partial charge in [-0.1, -0.05) is 0 Å². The zero-order valence-electron chi connectivity index (χ0n) is 14.6. The largest absolute Gasteiger partial charge is 0.497 e. The van der Waals surface area contributed by atoms with E-state index < -0.39 is 0 Å². The smallest absolute Gasteiger partial charge is 0.257 e. The molecule has 1 aliphatic heterocycles. The van der Waals surface area contributed by atoms with Crippen molar-refractivity contribution in [2.75, 3.05) is 39.8 Å². The van der Waals surface area contributed by atoms with Gasteiger partial charge in [-0.15, -0.1) is 0 Å². The minimum atomic E-state index is 0.0856. The molecule has 0 aliphatic carbocycles. The second-order valence-corrected chi connectivity index (χ2v) is 6.15. The number of nitrogens with zero attached hydrogens (tertiary/aromatic N) is 3. The summed E-state index contributed by atoms with van der Waals surface area (Å²) in [5, 5.41) is 4.41. The molecule has 1 saturated heterocycles. The lowest BCUT2D eigenvalue weighted by atomic mass is 10.2. The summed E-state index contributed by atoms with van der Waals surface area (Å²) in [5.41, 5.74) is 2.48. The lowest BCUT2D eigenvalue weighted by Crippen LogP contribution is -3.14. The van der Waals surface area contributed by atoms with Crippen molar-refractivity contribution in [2.45, 2.75) is 13.8 Å². The maximum Gasteiger partial charge on any atom is 0.257 e. The Kier molecular flexibility index (Phi) is 4.85. The number of nitrogens with one attached hydrogen (secondary N) is 1. The maximum atomic E-state index is 12.8. The topological polar surface area (TPSA) is 51.8 Å². The number of aromatic nitrogens is 2. The Labute approximate surface area is 142 Å². The van der Waals surface area contributed by atoms with Crippen molar-refractivity contribution in [3.63, 3.8) is 0 Å². The molecule has 1 fully saturated rings. The molecule has 0 radical (unpaired) electrons. The van der Waals surface area contributed by atoms with Crippen molar-refractivity contribution in [3.05, 3.63) is 41.7 Å². The summed E-state index contributed by atoms with van der Waals surface area (Å²) in [5.74, 6) is 0.888. The van der Waals surface area contributed by atoms with Crippen LogP contribution in [0.1, 0.15) is 23.0 Å². The number of rotatable bonds is 4. The van der Waals surface area contributed by atoms with E-state index in [0.29, 0.717) is 5.56 Å². The number of ether oxygens (including phenoxy) is 1. The van der Waals surface area contributed by atoms with E-state index in [2.05, 4.69) is 12.0 Å². The predicted octanol–water partition coefficient (Wildman–Crippen LogP) is 0.550. The van der Waals surface area contributed by atoms with Crippen molar-refractivity contribution in [2.24, 2.45) is 0 Å². The molecule has 0 atom stereocenters. The molecule has 128 valence electrons. The van der Waals surface area contributed by atoms with Crippen LogP contribution in [-0.2, 0) is 0 Å². The van der Waals surface area contributed by atoms with Gasteiger partial charge in [0.25, 0.3) is 5.91 Å². The Bertz CT molecular complexity index is 700. The SMILES string of the molecule is CC[NH+]1CCN(C(=O)c2cnn(-c3ccc(OC)cc3)c2C)CC1. The Balaban J connectivity index is 1.78. The van der Waals surface area contributed by atoms with Gasteiger partial charge in [0.2, 0.25) is 0 Å². The van der Waals surface area contributed by atoms with Crippen LogP contribution in [0.25, 0.3) is 5.69 Å². The van der Waals surface area contributed by atoms with E-state index in [1.165, 1.54) is 0 Å². The highest BCUT2D eigenvalue weighted by atomic mass is 16.5. The van der Waals surface area contributed by atoms with Crippen LogP contribution in [0.2, 0.25) is 0 Å². The second kappa shape index (κ2) is 7.05. The predicted molar refractivity (Wildman–Crippen MR) is 92.0 cm³/mol. The summed E-state index contributed by atoms with van der Waals surface area (Å²) in [6, 6.07) is 7.67. The van der Waals surface area contributed by atoms with Gasteiger partial charge in [0, 0.05) is 0 Å². The van der Waals surface area contributed by atoms with Gasteiger partial charge >= 0.3 is 0 Å².